The molecule has 2 amide bonds. The minimum absolute atomic E-state index is 0.0118. The summed E-state index contributed by atoms with van der Waals surface area (Å²) in [6.07, 6.45) is 1.29. The highest BCUT2D eigenvalue weighted by molar-refractivity contribution is 5.96. The highest BCUT2D eigenvalue weighted by atomic mass is 16.3. The summed E-state index contributed by atoms with van der Waals surface area (Å²) < 4.78 is 0. The van der Waals surface area contributed by atoms with Crippen LogP contribution in [0.2, 0.25) is 0 Å². The molecule has 31 heavy (non-hydrogen) atoms. The van der Waals surface area contributed by atoms with Crippen molar-refractivity contribution < 1.29 is 19.8 Å². The maximum absolute atomic E-state index is 12.9. The van der Waals surface area contributed by atoms with E-state index < -0.39 is 0 Å². The molecule has 0 aromatic heterocycles. The number of nitrogens with one attached hydrogen (secondary N) is 1. The molecule has 0 atom stereocenters. The van der Waals surface area contributed by atoms with E-state index in [1.54, 1.807) is 4.90 Å². The minimum atomic E-state index is -0.354. The predicted octanol–water partition coefficient (Wildman–Crippen LogP) is 3.80. The first-order valence-electron chi connectivity index (χ1n) is 10.3. The van der Waals surface area contributed by atoms with Crippen LogP contribution < -0.4 is 5.32 Å². The summed E-state index contributed by atoms with van der Waals surface area (Å²) >= 11 is 0. The summed E-state index contributed by atoms with van der Waals surface area (Å²) in [4.78, 5) is 27.1. The van der Waals surface area contributed by atoms with Crippen molar-refractivity contribution in [2.45, 2.75) is 18.9 Å². The molecular formula is C25H24N2O4. The number of phenolic OH excluding ortho intramolecular Hbond substituents is 2. The Balaban J connectivity index is 1.33. The third-order valence-electron chi connectivity index (χ3n) is 5.52. The SMILES string of the molecule is O=C(NC1CCN(C(=O)c2ccc(-c3ccccc3)cc2)CC1)c1cc(O)cc(O)c1. The van der Waals surface area contributed by atoms with Gasteiger partial charge in [0.05, 0.1) is 0 Å². The summed E-state index contributed by atoms with van der Waals surface area (Å²) in [7, 11) is 0. The van der Waals surface area contributed by atoms with Crippen LogP contribution in [0.1, 0.15) is 33.6 Å². The van der Waals surface area contributed by atoms with Gasteiger partial charge in [0, 0.05) is 36.3 Å². The van der Waals surface area contributed by atoms with Crippen LogP contribution >= 0.6 is 0 Å². The molecular weight excluding hydrogens is 392 g/mol. The van der Waals surface area contributed by atoms with Gasteiger partial charge in [-0.25, -0.2) is 0 Å². The molecule has 0 spiro atoms. The molecule has 6 nitrogen and oxygen atoms in total. The van der Waals surface area contributed by atoms with Crippen molar-refractivity contribution in [1.29, 1.82) is 0 Å². The molecule has 3 aromatic rings. The fourth-order valence-electron chi connectivity index (χ4n) is 3.84. The highest BCUT2D eigenvalue weighted by Gasteiger charge is 2.25. The van der Waals surface area contributed by atoms with Gasteiger partial charge in [0.25, 0.3) is 11.8 Å². The Morgan fingerprint density at radius 1 is 0.774 bits per heavy atom. The Hall–Kier alpha value is -3.80. The molecule has 0 unspecified atom stereocenters. The van der Waals surface area contributed by atoms with Crippen LogP contribution in [-0.4, -0.2) is 46.1 Å². The summed E-state index contributed by atoms with van der Waals surface area (Å²) in [5, 5.41) is 22.0. The molecule has 1 saturated heterocycles. The van der Waals surface area contributed by atoms with E-state index in [-0.39, 0.29) is 34.9 Å². The smallest absolute Gasteiger partial charge is 0.253 e. The molecule has 1 aliphatic heterocycles. The molecule has 0 radical (unpaired) electrons. The van der Waals surface area contributed by atoms with E-state index in [0.29, 0.717) is 31.5 Å². The second-order valence-electron chi connectivity index (χ2n) is 7.72. The number of phenols is 2. The first-order chi connectivity index (χ1) is 15.0. The van der Waals surface area contributed by atoms with E-state index in [2.05, 4.69) is 5.32 Å². The number of piperidine rings is 1. The molecule has 1 heterocycles. The summed E-state index contributed by atoms with van der Waals surface area (Å²) in [5.74, 6) is -0.692. The number of hydrogen-bond acceptors (Lipinski definition) is 4. The minimum Gasteiger partial charge on any atom is -0.508 e. The maximum atomic E-state index is 12.9. The van der Waals surface area contributed by atoms with E-state index in [0.717, 1.165) is 11.1 Å². The van der Waals surface area contributed by atoms with Gasteiger partial charge in [0.1, 0.15) is 11.5 Å². The number of aromatic hydroxyl groups is 2. The Bertz CT molecular complexity index is 1050. The highest BCUT2D eigenvalue weighted by Crippen LogP contribution is 2.22. The van der Waals surface area contributed by atoms with Crippen molar-refractivity contribution >= 4 is 11.8 Å². The fourth-order valence-corrected chi connectivity index (χ4v) is 3.84. The van der Waals surface area contributed by atoms with Crippen molar-refractivity contribution in [2.75, 3.05) is 13.1 Å². The molecule has 0 aliphatic carbocycles. The molecule has 3 aromatic carbocycles. The van der Waals surface area contributed by atoms with Gasteiger partial charge in [0.15, 0.2) is 0 Å². The quantitative estimate of drug-likeness (QED) is 0.604. The van der Waals surface area contributed by atoms with E-state index in [1.165, 1.54) is 18.2 Å². The van der Waals surface area contributed by atoms with Crippen molar-refractivity contribution in [3.05, 3.63) is 83.9 Å². The molecule has 1 aliphatic rings. The molecule has 0 bridgehead atoms. The van der Waals surface area contributed by atoms with E-state index in [1.807, 2.05) is 54.6 Å². The first-order valence-corrected chi connectivity index (χ1v) is 10.3. The lowest BCUT2D eigenvalue weighted by Gasteiger charge is -2.32. The number of rotatable bonds is 4. The van der Waals surface area contributed by atoms with Gasteiger partial charge in [-0.3, -0.25) is 9.59 Å². The number of amides is 2. The van der Waals surface area contributed by atoms with Gasteiger partial charge in [-0.15, -0.1) is 0 Å². The number of nitrogens with zero attached hydrogens (tertiary/aromatic N) is 1. The van der Waals surface area contributed by atoms with Crippen LogP contribution in [0.4, 0.5) is 0 Å². The normalized spacial score (nSPS) is 14.3. The lowest BCUT2D eigenvalue weighted by atomic mass is 10.0. The molecule has 3 N–H and O–H groups in total. The average Bonchev–Trinajstić information content (AvgIpc) is 2.79. The Labute approximate surface area is 180 Å². The van der Waals surface area contributed by atoms with Crippen LogP contribution in [0.3, 0.4) is 0 Å². The van der Waals surface area contributed by atoms with Gasteiger partial charge in [0.2, 0.25) is 0 Å². The number of carbonyl (C=O) groups is 2. The zero-order valence-corrected chi connectivity index (χ0v) is 17.0. The van der Waals surface area contributed by atoms with E-state index in [9.17, 15) is 19.8 Å². The molecule has 0 saturated carbocycles. The first kappa shape index (κ1) is 20.5. The van der Waals surface area contributed by atoms with Crippen molar-refractivity contribution in [3.8, 4) is 22.6 Å². The molecule has 1 fully saturated rings. The molecule has 4 rings (SSSR count). The Morgan fingerprint density at radius 3 is 1.97 bits per heavy atom. The third kappa shape index (κ3) is 4.86. The van der Waals surface area contributed by atoms with Crippen LogP contribution in [0, 0.1) is 0 Å². The van der Waals surface area contributed by atoms with Crippen LogP contribution in [0.25, 0.3) is 11.1 Å². The third-order valence-corrected chi connectivity index (χ3v) is 5.52. The largest absolute Gasteiger partial charge is 0.508 e. The number of hydrogen-bond donors (Lipinski definition) is 3. The van der Waals surface area contributed by atoms with Gasteiger partial charge >= 0.3 is 0 Å². The van der Waals surface area contributed by atoms with E-state index >= 15 is 0 Å². The second kappa shape index (κ2) is 8.92. The van der Waals surface area contributed by atoms with Crippen molar-refractivity contribution in [3.63, 3.8) is 0 Å². The Morgan fingerprint density at radius 2 is 1.35 bits per heavy atom. The van der Waals surface area contributed by atoms with Gasteiger partial charge in [-0.2, -0.15) is 0 Å². The summed E-state index contributed by atoms with van der Waals surface area (Å²) in [6.45, 7) is 1.10. The number of likely N-dealkylation sites (tertiary alicyclic amines) is 1. The van der Waals surface area contributed by atoms with Crippen LogP contribution in [0.15, 0.2) is 72.8 Å². The summed E-state index contributed by atoms with van der Waals surface area (Å²) in [6, 6.07) is 21.4. The maximum Gasteiger partial charge on any atom is 0.253 e. The monoisotopic (exact) mass is 416 g/mol. The second-order valence-corrected chi connectivity index (χ2v) is 7.72. The Kier molecular flexibility index (Phi) is 5.89. The van der Waals surface area contributed by atoms with Crippen LogP contribution in [0.5, 0.6) is 11.5 Å². The van der Waals surface area contributed by atoms with E-state index in [4.69, 9.17) is 0 Å². The van der Waals surface area contributed by atoms with Gasteiger partial charge in [-0.1, -0.05) is 42.5 Å². The molecule has 6 heteroatoms. The fraction of sp³-hybridized carbons (Fsp3) is 0.200. The number of carbonyl (C=O) groups excluding carboxylic acids is 2. The lowest BCUT2D eigenvalue weighted by Crippen LogP contribution is -2.46. The zero-order valence-electron chi connectivity index (χ0n) is 17.0. The molecule has 158 valence electrons. The van der Waals surface area contributed by atoms with Gasteiger partial charge in [-0.05, 0) is 48.2 Å². The van der Waals surface area contributed by atoms with Crippen LogP contribution in [-0.2, 0) is 0 Å². The lowest BCUT2D eigenvalue weighted by molar-refractivity contribution is 0.0698. The number of benzene rings is 3. The van der Waals surface area contributed by atoms with Gasteiger partial charge < -0.3 is 20.4 Å². The average molecular weight is 416 g/mol. The zero-order chi connectivity index (χ0) is 21.8. The standard InChI is InChI=1S/C25H24N2O4/c28-22-14-20(15-23(29)16-22)24(30)26-21-10-12-27(13-11-21)25(31)19-8-6-18(7-9-19)17-4-2-1-3-5-17/h1-9,14-16,21,28-29H,10-13H2,(H,26,30). The topological polar surface area (TPSA) is 89.9 Å². The summed E-state index contributed by atoms with van der Waals surface area (Å²) in [5.41, 5.74) is 3.03. The van der Waals surface area contributed by atoms with Crippen molar-refractivity contribution in [2.24, 2.45) is 0 Å². The predicted molar refractivity (Wildman–Crippen MR) is 118 cm³/mol. The van der Waals surface area contributed by atoms with Crippen molar-refractivity contribution in [1.82, 2.24) is 10.2 Å².